The van der Waals surface area contributed by atoms with E-state index in [2.05, 4.69) is 10.2 Å². The number of piperidine rings is 1. The maximum atomic E-state index is 12.8. The van der Waals surface area contributed by atoms with E-state index in [1.54, 1.807) is 6.20 Å². The summed E-state index contributed by atoms with van der Waals surface area (Å²) in [6, 6.07) is 15.7. The minimum atomic E-state index is 0.0419. The van der Waals surface area contributed by atoms with Crippen LogP contribution in [0.2, 0.25) is 0 Å². The molecule has 6 nitrogen and oxygen atoms in total. The Hall–Kier alpha value is -3.15. The third-order valence-corrected chi connectivity index (χ3v) is 5.17. The third-order valence-electron chi connectivity index (χ3n) is 5.17. The Morgan fingerprint density at radius 1 is 1.07 bits per heavy atom. The van der Waals surface area contributed by atoms with E-state index in [0.717, 1.165) is 34.9 Å². The monoisotopic (exact) mass is 376 g/mol. The second-order valence-electron chi connectivity index (χ2n) is 7.29. The van der Waals surface area contributed by atoms with Crippen LogP contribution in [0.5, 0.6) is 5.88 Å². The minimum absolute atomic E-state index is 0.0419. The van der Waals surface area contributed by atoms with Crippen LogP contribution in [0.15, 0.2) is 54.7 Å². The largest absolute Gasteiger partial charge is 0.473 e. The van der Waals surface area contributed by atoms with Crippen LogP contribution in [0.3, 0.4) is 0 Å². The van der Waals surface area contributed by atoms with Crippen molar-refractivity contribution in [2.24, 2.45) is 0 Å². The molecule has 6 heteroatoms. The van der Waals surface area contributed by atoms with E-state index in [-0.39, 0.29) is 12.0 Å². The van der Waals surface area contributed by atoms with E-state index >= 15 is 0 Å². The highest BCUT2D eigenvalue weighted by Crippen LogP contribution is 2.25. The fourth-order valence-electron chi connectivity index (χ4n) is 3.51. The first-order chi connectivity index (χ1) is 13.6. The first kappa shape index (κ1) is 18.2. The van der Waals surface area contributed by atoms with E-state index in [1.807, 2.05) is 72.4 Å². The molecule has 1 aliphatic heterocycles. The van der Waals surface area contributed by atoms with Gasteiger partial charge in [-0.1, -0.05) is 18.2 Å². The van der Waals surface area contributed by atoms with Gasteiger partial charge in [-0.3, -0.25) is 4.79 Å². The summed E-state index contributed by atoms with van der Waals surface area (Å²) in [5.74, 6) is 0.649. The van der Waals surface area contributed by atoms with Crippen molar-refractivity contribution in [1.29, 1.82) is 0 Å². The molecule has 3 aromatic rings. The van der Waals surface area contributed by atoms with Crippen molar-refractivity contribution in [3.05, 3.63) is 60.3 Å². The van der Waals surface area contributed by atoms with Gasteiger partial charge < -0.3 is 14.5 Å². The normalized spacial score (nSPS) is 14.9. The Balaban J connectivity index is 1.38. The van der Waals surface area contributed by atoms with Crippen molar-refractivity contribution in [2.75, 3.05) is 32.1 Å². The van der Waals surface area contributed by atoms with Gasteiger partial charge in [0, 0.05) is 62.0 Å². The van der Waals surface area contributed by atoms with Gasteiger partial charge in [0.1, 0.15) is 6.10 Å². The number of amides is 1. The van der Waals surface area contributed by atoms with Crippen molar-refractivity contribution in [2.45, 2.75) is 18.9 Å². The van der Waals surface area contributed by atoms with Crippen LogP contribution in [0, 0.1) is 0 Å². The number of carbonyl (C=O) groups excluding carboxylic acids is 1. The summed E-state index contributed by atoms with van der Waals surface area (Å²) in [7, 11) is 3.98. The van der Waals surface area contributed by atoms with E-state index < -0.39 is 0 Å². The van der Waals surface area contributed by atoms with E-state index in [4.69, 9.17) is 4.74 Å². The first-order valence-corrected chi connectivity index (χ1v) is 9.55. The summed E-state index contributed by atoms with van der Waals surface area (Å²) in [5.41, 5.74) is 1.81. The van der Waals surface area contributed by atoms with E-state index in [1.165, 1.54) is 0 Å². The quantitative estimate of drug-likeness (QED) is 0.699. The summed E-state index contributed by atoms with van der Waals surface area (Å²) in [4.78, 5) is 16.7. The molecule has 1 fully saturated rings. The third kappa shape index (κ3) is 3.76. The lowest BCUT2D eigenvalue weighted by molar-refractivity contribution is 0.0589. The Morgan fingerprint density at radius 2 is 1.79 bits per heavy atom. The second kappa shape index (κ2) is 7.84. The summed E-state index contributed by atoms with van der Waals surface area (Å²) >= 11 is 0. The summed E-state index contributed by atoms with van der Waals surface area (Å²) in [6.07, 6.45) is 3.35. The number of carbonyl (C=O) groups is 1. The molecule has 0 saturated carbocycles. The van der Waals surface area contributed by atoms with E-state index in [9.17, 15) is 4.79 Å². The molecule has 0 atom stereocenters. The highest BCUT2D eigenvalue weighted by Gasteiger charge is 2.25. The minimum Gasteiger partial charge on any atom is -0.473 e. The van der Waals surface area contributed by atoms with Gasteiger partial charge in [-0.15, -0.1) is 5.10 Å². The lowest BCUT2D eigenvalue weighted by atomic mass is 10.1. The number of fused-ring (bicyclic) bond motifs is 1. The molecule has 1 amide bonds. The average molecular weight is 376 g/mol. The Labute approximate surface area is 164 Å². The molecule has 144 valence electrons. The van der Waals surface area contributed by atoms with Crippen LogP contribution < -0.4 is 9.64 Å². The van der Waals surface area contributed by atoms with Gasteiger partial charge in [0.2, 0.25) is 5.88 Å². The Bertz CT molecular complexity index is 958. The number of rotatable bonds is 4. The van der Waals surface area contributed by atoms with Crippen LogP contribution in [-0.2, 0) is 0 Å². The maximum Gasteiger partial charge on any atom is 0.253 e. The molecule has 28 heavy (non-hydrogen) atoms. The molecule has 1 aliphatic rings. The van der Waals surface area contributed by atoms with Crippen molar-refractivity contribution < 1.29 is 9.53 Å². The van der Waals surface area contributed by atoms with Crippen LogP contribution >= 0.6 is 0 Å². The zero-order valence-corrected chi connectivity index (χ0v) is 16.2. The van der Waals surface area contributed by atoms with Crippen LogP contribution in [0.1, 0.15) is 23.2 Å². The number of likely N-dealkylation sites (tertiary alicyclic amines) is 1. The molecule has 0 bridgehead atoms. The zero-order valence-electron chi connectivity index (χ0n) is 16.2. The number of hydrogen-bond acceptors (Lipinski definition) is 5. The number of anilines is 1. The molecule has 0 unspecified atom stereocenters. The predicted octanol–water partition coefficient (Wildman–Crippen LogP) is 3.38. The van der Waals surface area contributed by atoms with Gasteiger partial charge in [0.25, 0.3) is 5.91 Å². The number of ether oxygens (including phenoxy) is 1. The highest BCUT2D eigenvalue weighted by atomic mass is 16.5. The molecule has 4 rings (SSSR count). The molecule has 2 heterocycles. The molecule has 0 radical (unpaired) electrons. The number of hydrogen-bond donors (Lipinski definition) is 0. The van der Waals surface area contributed by atoms with Gasteiger partial charge in [0.05, 0.1) is 6.20 Å². The zero-order chi connectivity index (χ0) is 19.5. The van der Waals surface area contributed by atoms with Crippen LogP contribution in [0.25, 0.3) is 10.8 Å². The summed E-state index contributed by atoms with van der Waals surface area (Å²) in [6.45, 7) is 1.36. The smallest absolute Gasteiger partial charge is 0.253 e. The van der Waals surface area contributed by atoms with E-state index in [0.29, 0.717) is 19.0 Å². The van der Waals surface area contributed by atoms with Gasteiger partial charge in [-0.05, 0) is 30.3 Å². The maximum absolute atomic E-state index is 12.8. The lowest BCUT2D eigenvalue weighted by Crippen LogP contribution is -2.41. The topological polar surface area (TPSA) is 58.6 Å². The Morgan fingerprint density at radius 3 is 2.50 bits per heavy atom. The molecule has 0 aliphatic carbocycles. The molecule has 2 aromatic carbocycles. The van der Waals surface area contributed by atoms with Gasteiger partial charge >= 0.3 is 0 Å². The summed E-state index contributed by atoms with van der Waals surface area (Å²) < 4.78 is 6.13. The molecular formula is C22H24N4O2. The molecule has 0 spiro atoms. The molecule has 1 saturated heterocycles. The van der Waals surface area contributed by atoms with Crippen molar-refractivity contribution in [1.82, 2.24) is 15.1 Å². The van der Waals surface area contributed by atoms with Crippen molar-refractivity contribution in [3.8, 4) is 5.88 Å². The predicted molar refractivity (Wildman–Crippen MR) is 110 cm³/mol. The average Bonchev–Trinajstić information content (AvgIpc) is 2.74. The Kier molecular flexibility index (Phi) is 5.10. The molecular weight excluding hydrogens is 352 g/mol. The fraction of sp³-hybridized carbons (Fsp3) is 0.318. The van der Waals surface area contributed by atoms with Gasteiger partial charge in [-0.2, -0.15) is 5.10 Å². The summed E-state index contributed by atoms with van der Waals surface area (Å²) in [5, 5.41) is 10.2. The standard InChI is InChI=1S/C22H24N4O2/c1-25(2)18-9-7-16(8-10-18)22(27)26-13-11-19(12-14-26)28-21-20-6-4-3-5-17(20)15-23-24-21/h3-10,15,19H,11-14H2,1-2H3. The number of nitrogens with zero attached hydrogens (tertiary/aromatic N) is 4. The number of benzene rings is 2. The lowest BCUT2D eigenvalue weighted by Gasteiger charge is -2.32. The number of aromatic nitrogens is 2. The fourth-order valence-corrected chi connectivity index (χ4v) is 3.51. The molecule has 0 N–H and O–H groups in total. The van der Waals surface area contributed by atoms with Crippen LogP contribution in [0.4, 0.5) is 5.69 Å². The van der Waals surface area contributed by atoms with Gasteiger partial charge in [-0.25, -0.2) is 0 Å². The first-order valence-electron chi connectivity index (χ1n) is 9.55. The van der Waals surface area contributed by atoms with Crippen LogP contribution in [-0.4, -0.2) is 54.3 Å². The van der Waals surface area contributed by atoms with Gasteiger partial charge in [0.15, 0.2) is 0 Å². The molecule has 1 aromatic heterocycles. The second-order valence-corrected chi connectivity index (χ2v) is 7.29. The SMILES string of the molecule is CN(C)c1ccc(C(=O)N2CCC(Oc3nncc4ccccc34)CC2)cc1. The van der Waals surface area contributed by atoms with Crippen molar-refractivity contribution in [3.63, 3.8) is 0 Å². The highest BCUT2D eigenvalue weighted by molar-refractivity contribution is 5.94. The van der Waals surface area contributed by atoms with Crippen molar-refractivity contribution >= 4 is 22.4 Å².